The van der Waals surface area contributed by atoms with Crippen LogP contribution in [0.5, 0.6) is 0 Å². The summed E-state index contributed by atoms with van der Waals surface area (Å²) in [6.07, 6.45) is 0. The monoisotopic (exact) mass is 201 g/mol. The van der Waals surface area contributed by atoms with Crippen molar-refractivity contribution in [2.75, 3.05) is 0 Å². The van der Waals surface area contributed by atoms with E-state index < -0.39 is 18.1 Å². The van der Waals surface area contributed by atoms with Crippen molar-refractivity contribution in [3.8, 4) is 0 Å². The first-order chi connectivity index (χ1) is 6.47. The Hall–Kier alpha value is -1.66. The average Bonchev–Trinajstić information content (AvgIpc) is 2.41. The summed E-state index contributed by atoms with van der Waals surface area (Å²) < 4.78 is 36.8. The summed E-state index contributed by atoms with van der Waals surface area (Å²) in [6, 6.07) is 3.11. The van der Waals surface area contributed by atoms with E-state index in [0.29, 0.717) is 5.52 Å². The molecule has 2 N–H and O–H groups in total. The minimum atomic E-state index is -5.01. The molecular weight excluding hydrogens is 196 g/mol. The maximum atomic E-state index is 12.3. The van der Waals surface area contributed by atoms with Crippen LogP contribution >= 0.6 is 0 Å². The van der Waals surface area contributed by atoms with E-state index in [1.165, 1.54) is 6.07 Å². The first-order valence-electron chi connectivity index (χ1n) is 3.89. The van der Waals surface area contributed by atoms with Gasteiger partial charge in [0, 0.05) is 0 Å². The van der Waals surface area contributed by atoms with Gasteiger partial charge >= 0.3 is 12.7 Å². The highest BCUT2D eigenvalue weighted by Gasteiger charge is 2.25. The fraction of sp³-hybridized carbons (Fsp3) is 0. The van der Waals surface area contributed by atoms with Gasteiger partial charge in [-0.3, -0.25) is 0 Å². The topological polar surface area (TPSA) is 48.6 Å². The first-order valence-corrected chi connectivity index (χ1v) is 3.89. The minimum absolute atomic E-state index is 0.173. The highest BCUT2D eigenvalue weighted by molar-refractivity contribution is 6.73. The molecule has 0 aliphatic heterocycles. The number of halogens is 3. The highest BCUT2D eigenvalue weighted by Crippen LogP contribution is 2.12. The van der Waals surface area contributed by atoms with E-state index in [1.54, 1.807) is 0 Å². The van der Waals surface area contributed by atoms with Crippen molar-refractivity contribution in [1.82, 2.24) is 9.97 Å². The lowest BCUT2D eigenvalue weighted by Gasteiger charge is -2.13. The molecule has 3 nitrogen and oxygen atoms in total. The number of H-pyrrole nitrogens is 2. The number of nitrogens with one attached hydrogen (secondary N) is 2. The number of imidazole rings is 1. The number of aromatic nitrogens is 2. The summed E-state index contributed by atoms with van der Waals surface area (Å²) in [4.78, 5) is 15.4. The van der Waals surface area contributed by atoms with Crippen LogP contribution in [0, 0.1) is 0 Å². The van der Waals surface area contributed by atoms with Gasteiger partial charge in [0.25, 0.3) is 0 Å². The van der Waals surface area contributed by atoms with Crippen LogP contribution in [-0.4, -0.2) is 16.9 Å². The van der Waals surface area contributed by atoms with Crippen LogP contribution in [0.2, 0.25) is 0 Å². The molecule has 1 aromatic heterocycles. The summed E-state index contributed by atoms with van der Waals surface area (Å²) in [6.45, 7) is -5.01. The molecule has 0 amide bonds. The van der Waals surface area contributed by atoms with Crippen molar-refractivity contribution in [1.29, 1.82) is 0 Å². The SMILES string of the molecule is O=c1[nH]c2ccc([B-](F)(F)F)cc2[nH]1. The standard InChI is InChI=1S/C7H5BF3N2O/c9-8(10,11)4-1-2-5-6(3-4)13-7(14)12-5/h1-3H,(H2,12,13,14)/q-1. The van der Waals surface area contributed by atoms with Gasteiger partial charge in [-0.15, -0.1) is 5.46 Å². The maximum Gasteiger partial charge on any atom is 0.509 e. The molecule has 14 heavy (non-hydrogen) atoms. The third kappa shape index (κ3) is 1.41. The number of benzene rings is 1. The lowest BCUT2D eigenvalue weighted by Crippen LogP contribution is -2.33. The van der Waals surface area contributed by atoms with Crippen LogP contribution in [0.4, 0.5) is 12.9 Å². The normalized spacial score (nSPS) is 12.2. The van der Waals surface area contributed by atoms with Gasteiger partial charge in [0.05, 0.1) is 11.0 Å². The Kier molecular flexibility index (Phi) is 1.70. The van der Waals surface area contributed by atoms with Crippen LogP contribution in [0.1, 0.15) is 0 Å². The quantitative estimate of drug-likeness (QED) is 0.661. The molecule has 0 saturated heterocycles. The fourth-order valence-corrected chi connectivity index (χ4v) is 1.25. The van der Waals surface area contributed by atoms with Crippen LogP contribution in [-0.2, 0) is 0 Å². The molecule has 7 heteroatoms. The van der Waals surface area contributed by atoms with Crippen LogP contribution in [0.15, 0.2) is 23.0 Å². The molecule has 2 rings (SSSR count). The van der Waals surface area contributed by atoms with Gasteiger partial charge < -0.3 is 22.9 Å². The molecule has 0 unspecified atom stereocenters. The van der Waals surface area contributed by atoms with Gasteiger partial charge in [-0.25, -0.2) is 4.79 Å². The van der Waals surface area contributed by atoms with Crippen molar-refractivity contribution >= 4 is 23.5 Å². The zero-order chi connectivity index (χ0) is 10.3. The molecular formula is C7H5BF3N2O-. The third-order valence-electron chi connectivity index (χ3n) is 1.92. The molecule has 74 valence electrons. The Morgan fingerprint density at radius 3 is 2.36 bits per heavy atom. The maximum absolute atomic E-state index is 12.3. The van der Waals surface area contributed by atoms with Crippen molar-refractivity contribution in [2.45, 2.75) is 0 Å². The van der Waals surface area contributed by atoms with Crippen LogP contribution in [0.3, 0.4) is 0 Å². The second kappa shape index (κ2) is 2.66. The molecule has 0 saturated carbocycles. The van der Waals surface area contributed by atoms with Gasteiger partial charge in [-0.2, -0.15) is 0 Å². The van der Waals surface area contributed by atoms with Crippen molar-refractivity contribution in [3.05, 3.63) is 28.7 Å². The molecule has 0 atom stereocenters. The minimum Gasteiger partial charge on any atom is -0.445 e. The molecule has 0 radical (unpaired) electrons. The summed E-state index contributed by atoms with van der Waals surface area (Å²) in [5.41, 5.74) is -0.676. The van der Waals surface area contributed by atoms with E-state index in [0.717, 1.165) is 12.1 Å². The Balaban J connectivity index is 2.67. The first kappa shape index (κ1) is 8.92. The van der Waals surface area contributed by atoms with Gasteiger partial charge in [-0.1, -0.05) is 12.1 Å². The zero-order valence-corrected chi connectivity index (χ0v) is 6.85. The second-order valence-corrected chi connectivity index (χ2v) is 2.96. The number of rotatable bonds is 1. The number of aromatic amines is 2. The van der Waals surface area contributed by atoms with Crippen molar-refractivity contribution < 1.29 is 12.9 Å². The zero-order valence-electron chi connectivity index (χ0n) is 6.85. The Morgan fingerprint density at radius 1 is 1.07 bits per heavy atom. The molecule has 1 heterocycles. The summed E-state index contributed by atoms with van der Waals surface area (Å²) >= 11 is 0. The lowest BCUT2D eigenvalue weighted by molar-refractivity contribution is 0.501. The fourth-order valence-electron chi connectivity index (χ4n) is 1.25. The molecule has 0 bridgehead atoms. The van der Waals surface area contributed by atoms with Gasteiger partial charge in [0.15, 0.2) is 0 Å². The number of fused-ring (bicyclic) bond motifs is 1. The smallest absolute Gasteiger partial charge is 0.445 e. The van der Waals surface area contributed by atoms with Crippen LogP contribution < -0.4 is 11.2 Å². The van der Waals surface area contributed by atoms with Crippen LogP contribution in [0.25, 0.3) is 11.0 Å². The molecule has 2 aromatic rings. The summed E-state index contributed by atoms with van der Waals surface area (Å²) in [5.74, 6) is 0. The third-order valence-corrected chi connectivity index (χ3v) is 1.92. The number of hydrogen-bond acceptors (Lipinski definition) is 1. The molecule has 0 fully saturated rings. The van der Waals surface area contributed by atoms with E-state index in [9.17, 15) is 17.7 Å². The van der Waals surface area contributed by atoms with Gasteiger partial charge in [0.1, 0.15) is 0 Å². The predicted molar refractivity (Wildman–Crippen MR) is 47.6 cm³/mol. The lowest BCUT2D eigenvalue weighted by atomic mass is 9.80. The average molecular weight is 201 g/mol. The van der Waals surface area contributed by atoms with Crippen molar-refractivity contribution in [2.24, 2.45) is 0 Å². The van der Waals surface area contributed by atoms with Crippen molar-refractivity contribution in [3.63, 3.8) is 0 Å². The second-order valence-electron chi connectivity index (χ2n) is 2.96. The Morgan fingerprint density at radius 2 is 1.71 bits per heavy atom. The van der Waals surface area contributed by atoms with E-state index in [2.05, 4.69) is 9.97 Å². The molecule has 0 aliphatic carbocycles. The number of hydrogen-bond donors (Lipinski definition) is 2. The summed E-state index contributed by atoms with van der Waals surface area (Å²) in [5, 5.41) is 0. The van der Waals surface area contributed by atoms with Gasteiger partial charge in [0.2, 0.25) is 0 Å². The van der Waals surface area contributed by atoms with Gasteiger partial charge in [-0.05, 0) is 6.07 Å². The highest BCUT2D eigenvalue weighted by atomic mass is 19.4. The van der Waals surface area contributed by atoms with E-state index in [1.807, 2.05) is 0 Å². The molecule has 0 aliphatic rings. The van der Waals surface area contributed by atoms with E-state index >= 15 is 0 Å². The molecule has 0 spiro atoms. The van der Waals surface area contributed by atoms with E-state index in [4.69, 9.17) is 0 Å². The molecule has 1 aromatic carbocycles. The van der Waals surface area contributed by atoms with E-state index in [-0.39, 0.29) is 5.52 Å². The Labute approximate surface area is 76.0 Å². The predicted octanol–water partition coefficient (Wildman–Crippen LogP) is 0.911. The Bertz CT molecular complexity index is 527. The largest absolute Gasteiger partial charge is 0.509 e. The summed E-state index contributed by atoms with van der Waals surface area (Å²) in [7, 11) is 0.